The molecular formula is C16H22ClN3O2. The van der Waals surface area contributed by atoms with Gasteiger partial charge in [0.1, 0.15) is 0 Å². The number of likely N-dealkylation sites (tertiary alicyclic amines) is 1. The second-order valence-corrected chi connectivity index (χ2v) is 6.22. The van der Waals surface area contributed by atoms with Crippen LogP contribution in [0.3, 0.4) is 0 Å². The predicted octanol–water partition coefficient (Wildman–Crippen LogP) is 2.18. The summed E-state index contributed by atoms with van der Waals surface area (Å²) < 4.78 is 0. The highest BCUT2D eigenvalue weighted by Crippen LogP contribution is 2.18. The zero-order valence-corrected chi connectivity index (χ0v) is 13.5. The molecule has 0 saturated carbocycles. The van der Waals surface area contributed by atoms with E-state index in [4.69, 9.17) is 17.3 Å². The quantitative estimate of drug-likeness (QED) is 0.891. The Balaban J connectivity index is 1.82. The van der Waals surface area contributed by atoms with Crippen LogP contribution in [0.15, 0.2) is 24.3 Å². The van der Waals surface area contributed by atoms with Crippen LogP contribution in [0, 0.1) is 5.92 Å². The van der Waals surface area contributed by atoms with Gasteiger partial charge in [-0.1, -0.05) is 29.8 Å². The van der Waals surface area contributed by atoms with Crippen LogP contribution in [-0.2, 0) is 11.2 Å². The Morgan fingerprint density at radius 2 is 2.00 bits per heavy atom. The van der Waals surface area contributed by atoms with E-state index in [1.165, 1.54) is 0 Å². The van der Waals surface area contributed by atoms with Gasteiger partial charge in [0, 0.05) is 30.1 Å². The summed E-state index contributed by atoms with van der Waals surface area (Å²) in [6.07, 6.45) is 1.96. The van der Waals surface area contributed by atoms with Gasteiger partial charge in [-0.3, -0.25) is 4.79 Å². The Kier molecular flexibility index (Phi) is 5.66. The third kappa shape index (κ3) is 4.37. The molecule has 1 heterocycles. The van der Waals surface area contributed by atoms with Gasteiger partial charge in [0.2, 0.25) is 5.91 Å². The van der Waals surface area contributed by atoms with Crippen LogP contribution in [-0.4, -0.2) is 36.0 Å². The average molecular weight is 324 g/mol. The van der Waals surface area contributed by atoms with Gasteiger partial charge < -0.3 is 16.0 Å². The first-order chi connectivity index (χ1) is 10.5. The fraction of sp³-hybridized carbons (Fsp3) is 0.500. The van der Waals surface area contributed by atoms with Gasteiger partial charge in [-0.2, -0.15) is 0 Å². The number of carbonyl (C=O) groups is 2. The molecule has 3 N–H and O–H groups in total. The molecule has 120 valence electrons. The van der Waals surface area contributed by atoms with Crippen molar-refractivity contribution < 1.29 is 9.59 Å². The number of nitrogens with one attached hydrogen (secondary N) is 1. The minimum Gasteiger partial charge on any atom is -0.369 e. The van der Waals surface area contributed by atoms with Crippen molar-refractivity contribution in [2.75, 3.05) is 13.1 Å². The number of benzene rings is 1. The summed E-state index contributed by atoms with van der Waals surface area (Å²) in [5, 5.41) is 3.70. The molecule has 1 atom stereocenters. The number of nitrogens with two attached hydrogens (primary N) is 1. The molecule has 0 bridgehead atoms. The van der Waals surface area contributed by atoms with Crippen molar-refractivity contribution in [1.82, 2.24) is 10.2 Å². The van der Waals surface area contributed by atoms with Crippen LogP contribution in [0.5, 0.6) is 0 Å². The molecule has 1 fully saturated rings. The molecule has 1 aromatic carbocycles. The maximum Gasteiger partial charge on any atom is 0.317 e. The number of nitrogens with zero attached hydrogens (tertiary/aromatic N) is 1. The molecule has 22 heavy (non-hydrogen) atoms. The van der Waals surface area contributed by atoms with E-state index in [9.17, 15) is 9.59 Å². The molecular weight excluding hydrogens is 302 g/mol. The molecule has 0 aromatic heterocycles. The second-order valence-electron chi connectivity index (χ2n) is 5.81. The summed E-state index contributed by atoms with van der Waals surface area (Å²) in [6.45, 7) is 3.09. The van der Waals surface area contributed by atoms with Gasteiger partial charge in [0.15, 0.2) is 0 Å². The number of hydrogen-bond donors (Lipinski definition) is 2. The standard InChI is InChI=1S/C16H22ClN3O2/c1-11(10-13-4-2-3-5-14(13)17)19-16(22)20-8-6-12(7-9-20)15(18)21/h2-5,11-12H,6-10H2,1H3,(H2,18,21)(H,19,22). The zero-order chi connectivity index (χ0) is 16.1. The van der Waals surface area contributed by atoms with E-state index in [1.54, 1.807) is 4.90 Å². The van der Waals surface area contributed by atoms with E-state index in [0.717, 1.165) is 5.56 Å². The Labute approximate surface area is 135 Å². The molecule has 1 aromatic rings. The predicted molar refractivity (Wildman–Crippen MR) is 86.6 cm³/mol. The largest absolute Gasteiger partial charge is 0.369 e. The van der Waals surface area contributed by atoms with Crippen molar-refractivity contribution in [3.63, 3.8) is 0 Å². The molecule has 6 heteroatoms. The Bertz CT molecular complexity index is 542. The molecule has 5 nitrogen and oxygen atoms in total. The third-order valence-electron chi connectivity index (χ3n) is 4.04. The summed E-state index contributed by atoms with van der Waals surface area (Å²) in [7, 11) is 0. The summed E-state index contributed by atoms with van der Waals surface area (Å²) in [4.78, 5) is 25.1. The monoisotopic (exact) mass is 323 g/mol. The zero-order valence-electron chi connectivity index (χ0n) is 12.7. The SMILES string of the molecule is CC(Cc1ccccc1Cl)NC(=O)N1CCC(C(N)=O)CC1. The van der Waals surface area contributed by atoms with Crippen LogP contribution < -0.4 is 11.1 Å². The van der Waals surface area contributed by atoms with Crippen LogP contribution in [0.2, 0.25) is 5.02 Å². The van der Waals surface area contributed by atoms with E-state index < -0.39 is 0 Å². The molecule has 3 amide bonds. The molecule has 0 aliphatic carbocycles. The Hall–Kier alpha value is -1.75. The van der Waals surface area contributed by atoms with Crippen molar-refractivity contribution >= 4 is 23.5 Å². The molecule has 0 spiro atoms. The lowest BCUT2D eigenvalue weighted by Gasteiger charge is -2.31. The minimum atomic E-state index is -0.271. The topological polar surface area (TPSA) is 75.4 Å². The molecule has 1 unspecified atom stereocenters. The normalized spacial score (nSPS) is 17.1. The minimum absolute atomic E-state index is 0.0127. The number of urea groups is 1. The fourth-order valence-corrected chi connectivity index (χ4v) is 2.93. The average Bonchev–Trinajstić information content (AvgIpc) is 2.49. The summed E-state index contributed by atoms with van der Waals surface area (Å²) in [6, 6.07) is 7.52. The van der Waals surface area contributed by atoms with E-state index in [1.807, 2.05) is 31.2 Å². The first-order valence-corrected chi connectivity index (χ1v) is 7.93. The molecule has 1 saturated heterocycles. The number of halogens is 1. The maximum absolute atomic E-state index is 12.2. The highest BCUT2D eigenvalue weighted by atomic mass is 35.5. The van der Waals surface area contributed by atoms with Crippen molar-refractivity contribution in [1.29, 1.82) is 0 Å². The van der Waals surface area contributed by atoms with Crippen molar-refractivity contribution in [2.24, 2.45) is 11.7 Å². The van der Waals surface area contributed by atoms with Gasteiger partial charge in [-0.15, -0.1) is 0 Å². The van der Waals surface area contributed by atoms with E-state index >= 15 is 0 Å². The number of piperidine rings is 1. The second kappa shape index (κ2) is 7.49. The van der Waals surface area contributed by atoms with Gasteiger partial charge in [-0.05, 0) is 37.8 Å². The third-order valence-corrected chi connectivity index (χ3v) is 4.41. The highest BCUT2D eigenvalue weighted by molar-refractivity contribution is 6.31. The lowest BCUT2D eigenvalue weighted by atomic mass is 9.96. The lowest BCUT2D eigenvalue weighted by molar-refractivity contribution is -0.123. The van der Waals surface area contributed by atoms with Crippen LogP contribution in [0.4, 0.5) is 4.79 Å². The number of carbonyl (C=O) groups excluding carboxylic acids is 2. The van der Waals surface area contributed by atoms with E-state index in [-0.39, 0.29) is 23.9 Å². The van der Waals surface area contributed by atoms with E-state index in [0.29, 0.717) is 37.4 Å². The summed E-state index contributed by atoms with van der Waals surface area (Å²) in [5.41, 5.74) is 6.32. The van der Waals surface area contributed by atoms with Crippen LogP contribution in [0.25, 0.3) is 0 Å². The summed E-state index contributed by atoms with van der Waals surface area (Å²) >= 11 is 6.13. The van der Waals surface area contributed by atoms with Crippen molar-refractivity contribution in [3.05, 3.63) is 34.9 Å². The van der Waals surface area contributed by atoms with Gasteiger partial charge in [-0.25, -0.2) is 4.79 Å². The van der Waals surface area contributed by atoms with Crippen molar-refractivity contribution in [3.8, 4) is 0 Å². The fourth-order valence-electron chi connectivity index (χ4n) is 2.71. The van der Waals surface area contributed by atoms with Gasteiger partial charge >= 0.3 is 6.03 Å². The molecule has 1 aliphatic rings. The Morgan fingerprint density at radius 1 is 1.36 bits per heavy atom. The number of amides is 3. The highest BCUT2D eigenvalue weighted by Gasteiger charge is 2.26. The first kappa shape index (κ1) is 16.6. The van der Waals surface area contributed by atoms with Gasteiger partial charge in [0.05, 0.1) is 0 Å². The smallest absolute Gasteiger partial charge is 0.317 e. The first-order valence-electron chi connectivity index (χ1n) is 7.55. The van der Waals surface area contributed by atoms with Crippen LogP contribution in [0.1, 0.15) is 25.3 Å². The summed E-state index contributed by atoms with van der Waals surface area (Å²) in [5.74, 6) is -0.378. The van der Waals surface area contributed by atoms with Crippen LogP contribution >= 0.6 is 11.6 Å². The number of rotatable bonds is 4. The Morgan fingerprint density at radius 3 is 2.59 bits per heavy atom. The molecule has 0 radical (unpaired) electrons. The van der Waals surface area contributed by atoms with E-state index in [2.05, 4.69) is 5.32 Å². The van der Waals surface area contributed by atoms with Gasteiger partial charge in [0.25, 0.3) is 0 Å². The van der Waals surface area contributed by atoms with Crippen molar-refractivity contribution in [2.45, 2.75) is 32.2 Å². The molecule has 2 rings (SSSR count). The number of hydrogen-bond acceptors (Lipinski definition) is 2. The number of primary amides is 1. The molecule has 1 aliphatic heterocycles. The lowest BCUT2D eigenvalue weighted by Crippen LogP contribution is -2.48. The maximum atomic E-state index is 12.2.